The van der Waals surface area contributed by atoms with E-state index in [1.54, 1.807) is 7.11 Å². The minimum absolute atomic E-state index is 0.0674. The van der Waals surface area contributed by atoms with Crippen LogP contribution in [0.3, 0.4) is 0 Å². The molecule has 2 N–H and O–H groups in total. The van der Waals surface area contributed by atoms with Crippen LogP contribution in [0.25, 0.3) is 0 Å². The molecule has 0 unspecified atom stereocenters. The highest BCUT2D eigenvalue weighted by atomic mass is 16.5. The Balaban J connectivity index is 1.84. The molecule has 1 aromatic carbocycles. The van der Waals surface area contributed by atoms with E-state index in [9.17, 15) is 0 Å². The first-order valence-corrected chi connectivity index (χ1v) is 7.51. The molecule has 0 amide bonds. The van der Waals surface area contributed by atoms with Crippen LogP contribution in [-0.4, -0.2) is 37.2 Å². The highest BCUT2D eigenvalue weighted by Gasteiger charge is 2.42. The average molecular weight is 276 g/mol. The highest BCUT2D eigenvalue weighted by molar-refractivity contribution is 5.44. The summed E-state index contributed by atoms with van der Waals surface area (Å²) in [6, 6.07) is 6.03. The van der Waals surface area contributed by atoms with E-state index in [-0.39, 0.29) is 11.6 Å². The summed E-state index contributed by atoms with van der Waals surface area (Å²) in [5, 5.41) is 0. The van der Waals surface area contributed by atoms with Gasteiger partial charge in [-0.05, 0) is 25.5 Å². The van der Waals surface area contributed by atoms with Crippen LogP contribution in [0.1, 0.15) is 37.8 Å². The predicted molar refractivity (Wildman–Crippen MR) is 79.2 cm³/mol. The van der Waals surface area contributed by atoms with E-state index in [0.717, 1.165) is 56.0 Å². The number of nitrogens with two attached hydrogens (primary N) is 1. The van der Waals surface area contributed by atoms with Gasteiger partial charge in [0.25, 0.3) is 0 Å². The van der Waals surface area contributed by atoms with Crippen LogP contribution in [0.2, 0.25) is 0 Å². The molecular weight excluding hydrogens is 252 g/mol. The number of nitrogens with zero attached hydrogens (tertiary/aromatic N) is 1. The van der Waals surface area contributed by atoms with Gasteiger partial charge in [0, 0.05) is 37.2 Å². The summed E-state index contributed by atoms with van der Waals surface area (Å²) in [5.41, 5.74) is 7.40. The minimum Gasteiger partial charge on any atom is -0.497 e. The number of hydrogen-bond donors (Lipinski definition) is 1. The van der Waals surface area contributed by atoms with Crippen molar-refractivity contribution in [3.8, 4) is 11.5 Å². The molecule has 1 spiro atoms. The Morgan fingerprint density at radius 1 is 1.40 bits per heavy atom. The molecule has 2 aliphatic rings. The lowest BCUT2D eigenvalue weighted by Gasteiger charge is -2.46. The standard InChI is InChI=1S/C16H24N2O2/c1-3-18-8-6-16(7-9-18)11-14(17)13-5-4-12(19-2)10-15(13)20-16/h4-5,10,14H,3,6-9,11,17H2,1-2H3/t14-/m0/s1. The zero-order valence-corrected chi connectivity index (χ0v) is 12.4. The molecule has 1 atom stereocenters. The summed E-state index contributed by atoms with van der Waals surface area (Å²) < 4.78 is 11.7. The Labute approximate surface area is 120 Å². The van der Waals surface area contributed by atoms with Gasteiger partial charge in [0.2, 0.25) is 0 Å². The normalized spacial score (nSPS) is 25.1. The van der Waals surface area contributed by atoms with Gasteiger partial charge in [-0.25, -0.2) is 0 Å². The van der Waals surface area contributed by atoms with Gasteiger partial charge in [0.15, 0.2) is 0 Å². The predicted octanol–water partition coefficient (Wildman–Crippen LogP) is 2.33. The topological polar surface area (TPSA) is 47.7 Å². The van der Waals surface area contributed by atoms with Gasteiger partial charge in [-0.15, -0.1) is 0 Å². The van der Waals surface area contributed by atoms with Crippen molar-refractivity contribution in [3.05, 3.63) is 23.8 Å². The second kappa shape index (κ2) is 5.26. The molecule has 0 aromatic heterocycles. The minimum atomic E-state index is -0.0789. The van der Waals surface area contributed by atoms with Crippen LogP contribution in [0.4, 0.5) is 0 Å². The van der Waals surface area contributed by atoms with Crippen molar-refractivity contribution in [1.82, 2.24) is 4.90 Å². The zero-order valence-electron chi connectivity index (χ0n) is 12.4. The lowest BCUT2D eigenvalue weighted by atomic mass is 9.81. The monoisotopic (exact) mass is 276 g/mol. The van der Waals surface area contributed by atoms with Gasteiger partial charge in [0.1, 0.15) is 17.1 Å². The van der Waals surface area contributed by atoms with Crippen molar-refractivity contribution in [2.24, 2.45) is 5.73 Å². The average Bonchev–Trinajstić information content (AvgIpc) is 2.47. The molecular formula is C16H24N2O2. The number of rotatable bonds is 2. The SMILES string of the molecule is CCN1CCC2(CC1)C[C@H](N)c1ccc(OC)cc1O2. The molecule has 4 nitrogen and oxygen atoms in total. The maximum Gasteiger partial charge on any atom is 0.128 e. The number of ether oxygens (including phenoxy) is 2. The van der Waals surface area contributed by atoms with Crippen LogP contribution in [0.15, 0.2) is 18.2 Å². The van der Waals surface area contributed by atoms with Crippen LogP contribution in [0, 0.1) is 0 Å². The van der Waals surface area contributed by atoms with Gasteiger partial charge in [-0.1, -0.05) is 13.0 Å². The van der Waals surface area contributed by atoms with Crippen LogP contribution in [0.5, 0.6) is 11.5 Å². The summed E-state index contributed by atoms with van der Waals surface area (Å²) in [7, 11) is 1.68. The number of likely N-dealkylation sites (tertiary alicyclic amines) is 1. The fourth-order valence-electron chi connectivity index (χ4n) is 3.40. The van der Waals surface area contributed by atoms with Crippen molar-refractivity contribution < 1.29 is 9.47 Å². The molecule has 1 fully saturated rings. The Bertz CT molecular complexity index is 481. The van der Waals surface area contributed by atoms with Crippen molar-refractivity contribution >= 4 is 0 Å². The molecule has 20 heavy (non-hydrogen) atoms. The maximum absolute atomic E-state index is 6.38. The van der Waals surface area contributed by atoms with E-state index >= 15 is 0 Å². The summed E-state index contributed by atoms with van der Waals surface area (Å²) in [5.74, 6) is 1.74. The number of piperidine rings is 1. The van der Waals surface area contributed by atoms with E-state index in [1.807, 2.05) is 18.2 Å². The molecule has 3 rings (SSSR count). The van der Waals surface area contributed by atoms with Gasteiger partial charge in [-0.3, -0.25) is 0 Å². The third kappa shape index (κ3) is 2.38. The highest BCUT2D eigenvalue weighted by Crippen LogP contribution is 2.44. The van der Waals surface area contributed by atoms with Crippen molar-refractivity contribution in [1.29, 1.82) is 0 Å². The smallest absolute Gasteiger partial charge is 0.128 e. The molecule has 0 aliphatic carbocycles. The second-order valence-electron chi connectivity index (χ2n) is 5.93. The molecule has 0 saturated carbocycles. The summed E-state index contributed by atoms with van der Waals surface area (Å²) >= 11 is 0. The lowest BCUT2D eigenvalue weighted by molar-refractivity contribution is -0.0206. The molecule has 0 bridgehead atoms. The molecule has 0 radical (unpaired) electrons. The first-order valence-electron chi connectivity index (χ1n) is 7.51. The maximum atomic E-state index is 6.38. The van der Waals surface area contributed by atoms with Crippen LogP contribution in [-0.2, 0) is 0 Å². The van der Waals surface area contributed by atoms with Crippen molar-refractivity contribution in [2.75, 3.05) is 26.7 Å². The largest absolute Gasteiger partial charge is 0.497 e. The van der Waals surface area contributed by atoms with E-state index < -0.39 is 0 Å². The summed E-state index contributed by atoms with van der Waals surface area (Å²) in [6.45, 7) is 5.53. The van der Waals surface area contributed by atoms with Crippen molar-refractivity contribution in [3.63, 3.8) is 0 Å². The Morgan fingerprint density at radius 3 is 2.80 bits per heavy atom. The quantitative estimate of drug-likeness (QED) is 0.900. The Kier molecular flexibility index (Phi) is 3.61. The third-order valence-corrected chi connectivity index (χ3v) is 4.75. The Morgan fingerprint density at radius 2 is 2.15 bits per heavy atom. The zero-order chi connectivity index (χ0) is 14.2. The van der Waals surface area contributed by atoms with Gasteiger partial charge < -0.3 is 20.1 Å². The number of methoxy groups -OCH3 is 1. The van der Waals surface area contributed by atoms with E-state index in [0.29, 0.717) is 0 Å². The van der Waals surface area contributed by atoms with Gasteiger partial charge in [-0.2, -0.15) is 0 Å². The number of hydrogen-bond acceptors (Lipinski definition) is 4. The molecule has 4 heteroatoms. The number of benzene rings is 1. The molecule has 2 aliphatic heterocycles. The van der Waals surface area contributed by atoms with Gasteiger partial charge >= 0.3 is 0 Å². The summed E-state index contributed by atoms with van der Waals surface area (Å²) in [4.78, 5) is 2.47. The molecule has 1 aromatic rings. The van der Waals surface area contributed by atoms with E-state index in [1.165, 1.54) is 0 Å². The second-order valence-corrected chi connectivity index (χ2v) is 5.93. The van der Waals surface area contributed by atoms with Crippen LogP contribution >= 0.6 is 0 Å². The molecule has 1 saturated heterocycles. The molecule has 2 heterocycles. The fraction of sp³-hybridized carbons (Fsp3) is 0.625. The van der Waals surface area contributed by atoms with E-state index in [2.05, 4.69) is 11.8 Å². The number of fused-ring (bicyclic) bond motifs is 1. The first kappa shape index (κ1) is 13.7. The third-order valence-electron chi connectivity index (χ3n) is 4.75. The van der Waals surface area contributed by atoms with E-state index in [4.69, 9.17) is 15.2 Å². The fourth-order valence-corrected chi connectivity index (χ4v) is 3.40. The lowest BCUT2D eigenvalue weighted by Crippen LogP contribution is -2.51. The van der Waals surface area contributed by atoms with Crippen molar-refractivity contribution in [2.45, 2.75) is 37.8 Å². The van der Waals surface area contributed by atoms with Crippen LogP contribution < -0.4 is 15.2 Å². The Hall–Kier alpha value is -1.26. The summed E-state index contributed by atoms with van der Waals surface area (Å²) in [6.07, 6.45) is 3.04. The first-order chi connectivity index (χ1) is 9.65. The molecule has 110 valence electrons. The van der Waals surface area contributed by atoms with Gasteiger partial charge in [0.05, 0.1) is 7.11 Å².